The predicted molar refractivity (Wildman–Crippen MR) is 168 cm³/mol. The van der Waals surface area contributed by atoms with E-state index in [2.05, 4.69) is 30.6 Å². The molecule has 0 N–H and O–H groups in total. The minimum Gasteiger partial charge on any atom is -0.444 e. The topological polar surface area (TPSA) is 78.5 Å². The molecule has 9 nitrogen and oxygen atoms in total. The standard InChI is InChI=1S/C34H48FN5O4/c1-23-17-38(27(18-37-12-13-43-21-24(37)2)19-39(23)32(42)44-33(3,4)5)20-30(41)40-22-34(6,7)31-29(40)15-25(16-36-31)14-26-10-8-9-11-28(26)35/h8-11,15-16,23-24,27H,12-14,17-22H2,1-7H3/t23-,24-,27-/m1/s1. The lowest BCUT2D eigenvalue weighted by molar-refractivity contribution is -0.121. The second-order valence-corrected chi connectivity index (χ2v) is 14.3. The van der Waals surface area contributed by atoms with Gasteiger partial charge in [-0.15, -0.1) is 0 Å². The van der Waals surface area contributed by atoms with Crippen molar-refractivity contribution in [2.45, 2.75) is 84.0 Å². The molecule has 0 spiro atoms. The lowest BCUT2D eigenvalue weighted by atomic mass is 9.91. The molecule has 0 aliphatic carbocycles. The number of morpholine rings is 1. The average Bonchev–Trinajstić information content (AvgIpc) is 3.21. The van der Waals surface area contributed by atoms with Crippen LogP contribution in [0.1, 0.15) is 65.3 Å². The number of aromatic nitrogens is 1. The third-order valence-electron chi connectivity index (χ3n) is 8.93. The van der Waals surface area contributed by atoms with E-state index in [0.29, 0.717) is 44.8 Å². The van der Waals surface area contributed by atoms with E-state index in [4.69, 9.17) is 14.5 Å². The smallest absolute Gasteiger partial charge is 0.410 e. The number of fused-ring (bicyclic) bond motifs is 1. The zero-order valence-corrected chi connectivity index (χ0v) is 27.3. The summed E-state index contributed by atoms with van der Waals surface area (Å²) < 4.78 is 25.9. The van der Waals surface area contributed by atoms with Gasteiger partial charge in [-0.25, -0.2) is 9.18 Å². The predicted octanol–water partition coefficient (Wildman–Crippen LogP) is 4.47. The summed E-state index contributed by atoms with van der Waals surface area (Å²) in [6, 6.07) is 8.84. The number of anilines is 1. The number of amides is 2. The Bertz CT molecular complexity index is 1360. The van der Waals surface area contributed by atoms with Gasteiger partial charge in [-0.05, 0) is 57.9 Å². The first-order valence-corrected chi connectivity index (χ1v) is 15.8. The monoisotopic (exact) mass is 609 g/mol. The molecule has 5 rings (SSSR count). The van der Waals surface area contributed by atoms with Crippen molar-refractivity contribution < 1.29 is 23.5 Å². The zero-order valence-electron chi connectivity index (χ0n) is 27.3. The van der Waals surface area contributed by atoms with Crippen molar-refractivity contribution in [3.05, 3.63) is 59.2 Å². The van der Waals surface area contributed by atoms with E-state index in [1.165, 1.54) is 6.07 Å². The molecule has 0 saturated carbocycles. The number of carbonyl (C=O) groups excluding carboxylic acids is 2. The highest BCUT2D eigenvalue weighted by molar-refractivity contribution is 5.97. The summed E-state index contributed by atoms with van der Waals surface area (Å²) >= 11 is 0. The Hall–Kier alpha value is -3.08. The van der Waals surface area contributed by atoms with Gasteiger partial charge in [0, 0.05) is 68.9 Å². The molecule has 1 aromatic carbocycles. The number of piperazine rings is 1. The second kappa shape index (κ2) is 12.7. The van der Waals surface area contributed by atoms with E-state index < -0.39 is 5.60 Å². The van der Waals surface area contributed by atoms with Crippen LogP contribution < -0.4 is 4.90 Å². The average molecular weight is 610 g/mol. The number of carbonyl (C=O) groups is 2. The van der Waals surface area contributed by atoms with Gasteiger partial charge < -0.3 is 19.3 Å². The Morgan fingerprint density at radius 2 is 1.86 bits per heavy atom. The van der Waals surface area contributed by atoms with E-state index in [1.54, 1.807) is 18.3 Å². The summed E-state index contributed by atoms with van der Waals surface area (Å²) in [4.78, 5) is 40.4. The van der Waals surface area contributed by atoms with Gasteiger partial charge >= 0.3 is 6.09 Å². The van der Waals surface area contributed by atoms with Crippen LogP contribution in [0.2, 0.25) is 0 Å². The summed E-state index contributed by atoms with van der Waals surface area (Å²) in [7, 11) is 0. The lowest BCUT2D eigenvalue weighted by Gasteiger charge is -2.47. The number of hydrogen-bond donors (Lipinski definition) is 0. The molecule has 44 heavy (non-hydrogen) atoms. The zero-order chi connectivity index (χ0) is 31.8. The van der Waals surface area contributed by atoms with Gasteiger partial charge in [-0.2, -0.15) is 0 Å². The Kier molecular flexibility index (Phi) is 9.35. The van der Waals surface area contributed by atoms with Crippen molar-refractivity contribution in [3.8, 4) is 0 Å². The molecule has 10 heteroatoms. The van der Waals surface area contributed by atoms with E-state index in [9.17, 15) is 14.0 Å². The highest BCUT2D eigenvalue weighted by Crippen LogP contribution is 2.40. The number of hydrogen-bond acceptors (Lipinski definition) is 7. The lowest BCUT2D eigenvalue weighted by Crippen LogP contribution is -2.64. The van der Waals surface area contributed by atoms with Gasteiger partial charge in [0.2, 0.25) is 5.91 Å². The minimum atomic E-state index is -0.590. The molecule has 0 bridgehead atoms. The van der Waals surface area contributed by atoms with Gasteiger partial charge in [-0.1, -0.05) is 32.0 Å². The summed E-state index contributed by atoms with van der Waals surface area (Å²) in [6.07, 6.45) is 1.89. The molecule has 3 aliphatic heterocycles. The normalized spacial score (nSPS) is 24.3. The fourth-order valence-electron chi connectivity index (χ4n) is 6.57. The summed E-state index contributed by atoms with van der Waals surface area (Å²) in [5.74, 6) is -0.249. The number of benzene rings is 1. The van der Waals surface area contributed by atoms with Crippen LogP contribution in [0, 0.1) is 5.82 Å². The summed E-state index contributed by atoms with van der Waals surface area (Å²) in [6.45, 7) is 18.7. The van der Waals surface area contributed by atoms with Crippen molar-refractivity contribution >= 4 is 17.7 Å². The maximum absolute atomic E-state index is 14.4. The molecule has 4 heterocycles. The molecule has 2 fully saturated rings. The maximum Gasteiger partial charge on any atom is 0.410 e. The van der Waals surface area contributed by atoms with E-state index >= 15 is 0 Å². The van der Waals surface area contributed by atoms with Gasteiger partial charge in [0.15, 0.2) is 0 Å². The Morgan fingerprint density at radius 1 is 1.11 bits per heavy atom. The van der Waals surface area contributed by atoms with Crippen molar-refractivity contribution in [2.75, 3.05) is 57.4 Å². The number of rotatable bonds is 6. The molecule has 0 radical (unpaired) electrons. The van der Waals surface area contributed by atoms with Crippen LogP contribution in [0.3, 0.4) is 0 Å². The largest absolute Gasteiger partial charge is 0.444 e. The molecule has 240 valence electrons. The molecular weight excluding hydrogens is 561 g/mol. The SMILES string of the molecule is C[C@@H]1COCCN1C[C@@H]1CN(C(=O)OC(C)(C)C)[C@H](C)CN1CC(=O)N1CC(C)(C)c2ncc(Cc3ccccc3F)cc21. The highest BCUT2D eigenvalue weighted by atomic mass is 19.1. The number of ether oxygens (including phenoxy) is 2. The fraction of sp³-hybridized carbons (Fsp3) is 0.618. The number of halogens is 1. The molecule has 2 amide bonds. The first kappa shape index (κ1) is 32.3. The quantitative estimate of drug-likeness (QED) is 0.479. The molecule has 1 aromatic heterocycles. The minimum absolute atomic E-state index is 0.000360. The van der Waals surface area contributed by atoms with Gasteiger partial charge in [0.25, 0.3) is 0 Å². The molecule has 2 saturated heterocycles. The Balaban J connectivity index is 1.37. The van der Waals surface area contributed by atoms with Crippen molar-refractivity contribution in [3.63, 3.8) is 0 Å². The first-order valence-electron chi connectivity index (χ1n) is 15.8. The van der Waals surface area contributed by atoms with Crippen LogP contribution in [-0.2, 0) is 26.1 Å². The number of nitrogens with zero attached hydrogens (tertiary/aromatic N) is 5. The molecule has 0 unspecified atom stereocenters. The third kappa shape index (κ3) is 7.24. The Morgan fingerprint density at radius 3 is 2.57 bits per heavy atom. The van der Waals surface area contributed by atoms with Crippen molar-refractivity contribution in [1.29, 1.82) is 0 Å². The molecular formula is C34H48FN5O4. The third-order valence-corrected chi connectivity index (χ3v) is 8.93. The van der Waals surface area contributed by atoms with Crippen LogP contribution in [0.15, 0.2) is 36.5 Å². The van der Waals surface area contributed by atoms with Crippen LogP contribution >= 0.6 is 0 Å². The fourth-order valence-corrected chi connectivity index (χ4v) is 6.57. The molecule has 3 aliphatic rings. The maximum atomic E-state index is 14.4. The summed E-state index contributed by atoms with van der Waals surface area (Å²) in [5, 5.41) is 0. The van der Waals surface area contributed by atoms with Crippen molar-refractivity contribution in [1.82, 2.24) is 19.7 Å². The first-order chi connectivity index (χ1) is 20.7. The van der Waals surface area contributed by atoms with Gasteiger partial charge in [0.1, 0.15) is 11.4 Å². The van der Waals surface area contributed by atoms with E-state index in [0.717, 1.165) is 30.0 Å². The van der Waals surface area contributed by atoms with Crippen LogP contribution in [0.25, 0.3) is 0 Å². The van der Waals surface area contributed by atoms with E-state index in [1.807, 2.05) is 49.6 Å². The van der Waals surface area contributed by atoms with Crippen LogP contribution in [-0.4, -0.2) is 108 Å². The van der Waals surface area contributed by atoms with Gasteiger partial charge in [0.05, 0.1) is 31.1 Å². The second-order valence-electron chi connectivity index (χ2n) is 14.3. The van der Waals surface area contributed by atoms with Crippen LogP contribution in [0.4, 0.5) is 14.9 Å². The van der Waals surface area contributed by atoms with Crippen LogP contribution in [0.5, 0.6) is 0 Å². The molecule has 3 atom stereocenters. The number of pyridine rings is 1. The molecule has 2 aromatic rings. The highest BCUT2D eigenvalue weighted by Gasteiger charge is 2.43. The van der Waals surface area contributed by atoms with E-state index in [-0.39, 0.29) is 47.9 Å². The Labute approximate surface area is 261 Å². The summed E-state index contributed by atoms with van der Waals surface area (Å²) in [5.41, 5.74) is 2.24. The van der Waals surface area contributed by atoms with Gasteiger partial charge in [-0.3, -0.25) is 19.6 Å². The van der Waals surface area contributed by atoms with Crippen molar-refractivity contribution in [2.24, 2.45) is 0 Å².